The lowest BCUT2D eigenvalue weighted by molar-refractivity contribution is -0.133. The molecule has 0 saturated carbocycles. The van der Waals surface area contributed by atoms with E-state index in [4.69, 9.17) is 6.57 Å². The van der Waals surface area contributed by atoms with Crippen LogP contribution in [0.25, 0.3) is 10.5 Å². The van der Waals surface area contributed by atoms with Gasteiger partial charge < -0.3 is 4.90 Å². The number of aromatic nitrogens is 4. The first-order chi connectivity index (χ1) is 15.5. The van der Waals surface area contributed by atoms with Gasteiger partial charge in [0, 0.05) is 13.1 Å². The number of tetrazole rings is 1. The van der Waals surface area contributed by atoms with Gasteiger partial charge in [-0.2, -0.15) is 0 Å². The number of alkyl halides is 1. The highest BCUT2D eigenvalue weighted by molar-refractivity contribution is 5.79. The van der Waals surface area contributed by atoms with E-state index in [1.165, 1.54) is 23.1 Å². The normalized spacial score (nSPS) is 15.3. The van der Waals surface area contributed by atoms with Gasteiger partial charge in [0.15, 0.2) is 0 Å². The molecule has 1 amide bonds. The fraction of sp³-hybridized carbons (Fsp3) is 0.348. The van der Waals surface area contributed by atoms with Crippen LogP contribution in [-0.4, -0.2) is 49.8 Å². The number of likely N-dealkylation sites (tertiary alicyclic amines) is 1. The molecule has 32 heavy (non-hydrogen) atoms. The molecule has 1 saturated heterocycles. The SMILES string of the molecule is [C-]#[N+]c1cc(CCC2(F)CCN(C(=O)Cc3ccc(-n4cnnn4)cc3)CC2)ccc1F. The Morgan fingerprint density at radius 3 is 2.50 bits per heavy atom. The van der Waals surface area contributed by atoms with Crippen LogP contribution in [0.3, 0.4) is 0 Å². The lowest BCUT2D eigenvalue weighted by Gasteiger charge is -2.36. The zero-order valence-electron chi connectivity index (χ0n) is 17.4. The molecule has 0 aliphatic carbocycles. The van der Waals surface area contributed by atoms with Crippen molar-refractivity contribution in [3.63, 3.8) is 0 Å². The maximum Gasteiger partial charge on any atom is 0.226 e. The van der Waals surface area contributed by atoms with Crippen LogP contribution in [0.1, 0.15) is 30.4 Å². The Bertz CT molecular complexity index is 1120. The number of hydrogen-bond donors (Lipinski definition) is 0. The largest absolute Gasteiger partial charge is 0.342 e. The van der Waals surface area contributed by atoms with E-state index in [0.717, 1.165) is 16.8 Å². The highest BCUT2D eigenvalue weighted by atomic mass is 19.1. The first-order valence-electron chi connectivity index (χ1n) is 10.4. The minimum Gasteiger partial charge on any atom is -0.342 e. The maximum absolute atomic E-state index is 15.3. The Balaban J connectivity index is 1.28. The summed E-state index contributed by atoms with van der Waals surface area (Å²) in [6.07, 6.45) is 3.01. The maximum atomic E-state index is 15.3. The molecule has 0 spiro atoms. The highest BCUT2D eigenvalue weighted by Gasteiger charge is 2.35. The van der Waals surface area contributed by atoms with E-state index >= 15 is 4.39 Å². The number of nitrogens with zero attached hydrogens (tertiary/aromatic N) is 6. The van der Waals surface area contributed by atoms with Crippen LogP contribution in [0.4, 0.5) is 14.5 Å². The summed E-state index contributed by atoms with van der Waals surface area (Å²) in [7, 11) is 0. The quantitative estimate of drug-likeness (QED) is 0.551. The predicted octanol–water partition coefficient (Wildman–Crippen LogP) is 3.86. The van der Waals surface area contributed by atoms with Gasteiger partial charge in [-0.1, -0.05) is 29.8 Å². The van der Waals surface area contributed by atoms with Crippen molar-refractivity contribution in [2.45, 2.75) is 37.8 Å². The van der Waals surface area contributed by atoms with Crippen LogP contribution in [0.2, 0.25) is 0 Å². The summed E-state index contributed by atoms with van der Waals surface area (Å²) in [5.74, 6) is -0.585. The highest BCUT2D eigenvalue weighted by Crippen LogP contribution is 2.32. The molecule has 1 fully saturated rings. The van der Waals surface area contributed by atoms with E-state index in [2.05, 4.69) is 20.4 Å². The van der Waals surface area contributed by atoms with Gasteiger partial charge in [-0.05, 0) is 59.9 Å². The van der Waals surface area contributed by atoms with Crippen LogP contribution in [0.15, 0.2) is 48.8 Å². The molecule has 1 aromatic heterocycles. The molecule has 3 aromatic rings. The average molecular weight is 436 g/mol. The molecule has 1 aliphatic rings. The van der Waals surface area contributed by atoms with Gasteiger partial charge in [0.1, 0.15) is 17.8 Å². The van der Waals surface area contributed by atoms with E-state index in [1.54, 1.807) is 11.0 Å². The number of benzene rings is 2. The molecule has 0 bridgehead atoms. The van der Waals surface area contributed by atoms with Crippen molar-refractivity contribution < 1.29 is 13.6 Å². The molecule has 164 valence electrons. The number of carbonyl (C=O) groups excluding carboxylic acids is 1. The van der Waals surface area contributed by atoms with Gasteiger partial charge in [-0.3, -0.25) is 4.79 Å². The Kier molecular flexibility index (Phi) is 6.21. The molecule has 0 atom stereocenters. The molecule has 0 radical (unpaired) electrons. The van der Waals surface area contributed by atoms with Crippen molar-refractivity contribution in [1.82, 2.24) is 25.1 Å². The van der Waals surface area contributed by atoms with Gasteiger partial charge in [0.2, 0.25) is 11.6 Å². The molecular formula is C23H22F2N6O. The van der Waals surface area contributed by atoms with Crippen LogP contribution in [0, 0.1) is 12.4 Å². The number of piperidine rings is 1. The number of carbonyl (C=O) groups is 1. The summed E-state index contributed by atoms with van der Waals surface area (Å²) in [4.78, 5) is 17.5. The third-order valence-corrected chi connectivity index (χ3v) is 5.91. The number of hydrogen-bond acceptors (Lipinski definition) is 4. The zero-order chi connectivity index (χ0) is 22.6. The molecule has 9 heteroatoms. The van der Waals surface area contributed by atoms with Gasteiger partial charge >= 0.3 is 0 Å². The standard InChI is InChI=1S/C23H22F2N6O/c1-26-21-14-18(4-7-20(21)24)8-9-23(25)10-12-30(13-11-23)22(32)15-17-2-5-19(6-3-17)31-16-27-28-29-31/h2-7,14,16H,8-13,15H2. The second-order valence-corrected chi connectivity index (χ2v) is 8.03. The van der Waals surface area contributed by atoms with Gasteiger partial charge in [0.25, 0.3) is 0 Å². The Labute approximate surface area is 184 Å². The van der Waals surface area contributed by atoms with Crippen molar-refractivity contribution in [2.75, 3.05) is 13.1 Å². The van der Waals surface area contributed by atoms with Gasteiger partial charge in [0.05, 0.1) is 18.7 Å². The summed E-state index contributed by atoms with van der Waals surface area (Å²) in [5.41, 5.74) is 1.02. The van der Waals surface area contributed by atoms with Crippen LogP contribution in [0.5, 0.6) is 0 Å². The van der Waals surface area contributed by atoms with Crippen molar-refractivity contribution in [3.05, 3.63) is 77.2 Å². The third kappa shape index (κ3) is 4.97. The fourth-order valence-electron chi connectivity index (χ4n) is 3.91. The van der Waals surface area contributed by atoms with Gasteiger partial charge in [-0.25, -0.2) is 18.3 Å². The smallest absolute Gasteiger partial charge is 0.226 e. The Hall–Kier alpha value is -3.67. The summed E-state index contributed by atoms with van der Waals surface area (Å²) in [6, 6.07) is 11.7. The summed E-state index contributed by atoms with van der Waals surface area (Å²) in [6.45, 7) is 7.74. The number of halogens is 2. The second-order valence-electron chi connectivity index (χ2n) is 8.03. The van der Waals surface area contributed by atoms with Crippen molar-refractivity contribution in [1.29, 1.82) is 0 Å². The second kappa shape index (κ2) is 9.22. The van der Waals surface area contributed by atoms with E-state index < -0.39 is 11.5 Å². The third-order valence-electron chi connectivity index (χ3n) is 5.91. The molecule has 4 rings (SSSR count). The van der Waals surface area contributed by atoms with Crippen molar-refractivity contribution in [2.24, 2.45) is 0 Å². The first kappa shape index (κ1) is 21.6. The lowest BCUT2D eigenvalue weighted by atomic mass is 9.87. The topological polar surface area (TPSA) is 68.3 Å². The van der Waals surface area contributed by atoms with E-state index in [-0.39, 0.29) is 37.3 Å². The molecule has 2 aromatic carbocycles. The molecule has 0 unspecified atom stereocenters. The van der Waals surface area contributed by atoms with Gasteiger partial charge in [-0.15, -0.1) is 5.10 Å². The average Bonchev–Trinajstić information content (AvgIpc) is 3.34. The summed E-state index contributed by atoms with van der Waals surface area (Å²) < 4.78 is 30.3. The molecule has 0 N–H and O–H groups in total. The number of aryl methyl sites for hydroxylation is 1. The number of rotatable bonds is 6. The van der Waals surface area contributed by atoms with Crippen LogP contribution >= 0.6 is 0 Å². The van der Waals surface area contributed by atoms with Crippen molar-refractivity contribution >= 4 is 11.6 Å². The summed E-state index contributed by atoms with van der Waals surface area (Å²) >= 11 is 0. The molecule has 2 heterocycles. The van der Waals surface area contributed by atoms with Crippen molar-refractivity contribution in [3.8, 4) is 5.69 Å². The van der Waals surface area contributed by atoms with Crippen LogP contribution in [-0.2, 0) is 17.6 Å². The zero-order valence-corrected chi connectivity index (χ0v) is 17.4. The monoisotopic (exact) mass is 436 g/mol. The molecule has 7 nitrogen and oxygen atoms in total. The van der Waals surface area contributed by atoms with E-state index in [1.807, 2.05) is 24.3 Å². The van der Waals surface area contributed by atoms with E-state index in [9.17, 15) is 9.18 Å². The lowest BCUT2D eigenvalue weighted by Crippen LogP contribution is -2.45. The minimum atomic E-state index is -1.36. The number of amides is 1. The minimum absolute atomic E-state index is 0.0255. The first-order valence-corrected chi connectivity index (χ1v) is 10.4. The Morgan fingerprint density at radius 2 is 1.84 bits per heavy atom. The molecule has 1 aliphatic heterocycles. The van der Waals surface area contributed by atoms with E-state index in [0.29, 0.717) is 19.5 Å². The predicted molar refractivity (Wildman–Crippen MR) is 113 cm³/mol. The van der Waals surface area contributed by atoms with Crippen LogP contribution < -0.4 is 0 Å². The fourth-order valence-corrected chi connectivity index (χ4v) is 3.91. The Morgan fingerprint density at radius 1 is 1.12 bits per heavy atom. The summed E-state index contributed by atoms with van der Waals surface area (Å²) in [5, 5.41) is 11.0. The molecular weight excluding hydrogens is 414 g/mol.